The lowest BCUT2D eigenvalue weighted by molar-refractivity contribution is 0.462. The normalized spacial score (nSPS) is 11.8. The zero-order valence-corrected chi connectivity index (χ0v) is 19.3. The predicted molar refractivity (Wildman–Crippen MR) is 118 cm³/mol. The Hall–Kier alpha value is -1.37. The Kier molecular flexibility index (Phi) is 9.50. The molecule has 0 aliphatic carbocycles. The van der Waals surface area contributed by atoms with Crippen LogP contribution in [-0.2, 0) is 23.6 Å². The highest BCUT2D eigenvalue weighted by atomic mass is 127. The van der Waals surface area contributed by atoms with Crippen molar-refractivity contribution in [2.24, 2.45) is 12.0 Å². The van der Waals surface area contributed by atoms with E-state index in [9.17, 15) is 8.42 Å². The fourth-order valence-electron chi connectivity index (χ4n) is 2.38. The van der Waals surface area contributed by atoms with Gasteiger partial charge >= 0.3 is 0 Å². The van der Waals surface area contributed by atoms with E-state index in [0.29, 0.717) is 24.1 Å². The number of sulfonamides is 1. The van der Waals surface area contributed by atoms with Gasteiger partial charge < -0.3 is 14.8 Å². The first-order chi connectivity index (χ1) is 12.3. The molecule has 0 saturated carbocycles. The van der Waals surface area contributed by atoms with Gasteiger partial charge in [0.1, 0.15) is 4.90 Å². The maximum absolute atomic E-state index is 12.1. The topological polar surface area (TPSA) is 91.6 Å². The molecule has 8 nitrogen and oxygen atoms in total. The first-order valence-corrected chi connectivity index (χ1v) is 9.82. The molecule has 0 atom stereocenters. The monoisotopic (exact) mass is 526 g/mol. The van der Waals surface area contributed by atoms with Crippen molar-refractivity contribution in [1.82, 2.24) is 24.5 Å². The zero-order valence-electron chi connectivity index (χ0n) is 15.4. The van der Waals surface area contributed by atoms with Crippen LogP contribution >= 0.6 is 35.6 Å². The van der Waals surface area contributed by atoms with Crippen molar-refractivity contribution in [2.45, 2.75) is 11.4 Å². The Balaban J connectivity index is 0.00000364. The molecule has 0 fully saturated rings. The van der Waals surface area contributed by atoms with Gasteiger partial charge in [-0.05, 0) is 18.2 Å². The van der Waals surface area contributed by atoms with Gasteiger partial charge in [-0.1, -0.05) is 11.6 Å². The van der Waals surface area contributed by atoms with E-state index in [4.69, 9.17) is 11.6 Å². The minimum absolute atomic E-state index is 0. The van der Waals surface area contributed by atoms with Crippen LogP contribution in [0.5, 0.6) is 0 Å². The van der Waals surface area contributed by atoms with E-state index in [-0.39, 0.29) is 35.4 Å². The number of halogens is 2. The standard InChI is InChI=1S/C16H23ClN6O2S.HI/c1-18-16(23(3)12-14-9-13(17)11-22(14)2)20-7-8-21-26(24,25)15-5-4-6-19-10-15;/h4-6,9-11,21H,7-8,12H2,1-3H3,(H,18,20);1H. The summed E-state index contributed by atoms with van der Waals surface area (Å²) in [6.07, 6.45) is 4.68. The van der Waals surface area contributed by atoms with E-state index in [1.165, 1.54) is 18.5 Å². The van der Waals surface area contributed by atoms with E-state index in [0.717, 1.165) is 5.69 Å². The average Bonchev–Trinajstić information content (AvgIpc) is 2.92. The molecule has 0 radical (unpaired) electrons. The quantitative estimate of drug-likeness (QED) is 0.248. The van der Waals surface area contributed by atoms with Crippen molar-refractivity contribution in [3.05, 3.63) is 47.5 Å². The Morgan fingerprint density at radius 2 is 2.15 bits per heavy atom. The molecular weight excluding hydrogens is 503 g/mol. The van der Waals surface area contributed by atoms with Gasteiger partial charge in [0.15, 0.2) is 5.96 Å². The van der Waals surface area contributed by atoms with Crippen molar-refractivity contribution >= 4 is 51.6 Å². The number of guanidine groups is 1. The molecule has 0 spiro atoms. The van der Waals surface area contributed by atoms with Gasteiger partial charge in [0, 0.05) is 58.5 Å². The molecule has 2 aromatic heterocycles. The van der Waals surface area contributed by atoms with Gasteiger partial charge in [-0.25, -0.2) is 13.1 Å². The Labute approximate surface area is 182 Å². The second kappa shape index (κ2) is 10.8. The van der Waals surface area contributed by atoms with Crippen LogP contribution in [-0.4, -0.2) is 56.0 Å². The van der Waals surface area contributed by atoms with Crippen LogP contribution in [0, 0.1) is 0 Å². The van der Waals surface area contributed by atoms with Crippen LogP contribution in [0.15, 0.2) is 46.7 Å². The molecule has 2 aromatic rings. The molecule has 0 aliphatic rings. The molecule has 2 heterocycles. The molecule has 27 heavy (non-hydrogen) atoms. The summed E-state index contributed by atoms with van der Waals surface area (Å²) in [7, 11) is 1.94. The van der Waals surface area contributed by atoms with Crippen molar-refractivity contribution in [3.8, 4) is 0 Å². The smallest absolute Gasteiger partial charge is 0.242 e. The SMILES string of the molecule is CN=C(NCCNS(=O)(=O)c1cccnc1)N(C)Cc1cc(Cl)cn1C.I. The lowest BCUT2D eigenvalue weighted by Gasteiger charge is -2.22. The minimum Gasteiger partial charge on any atom is -0.355 e. The number of hydrogen-bond donors (Lipinski definition) is 2. The van der Waals surface area contributed by atoms with Crippen LogP contribution in [0.4, 0.5) is 0 Å². The fraction of sp³-hybridized carbons (Fsp3) is 0.375. The van der Waals surface area contributed by atoms with Gasteiger partial charge in [0.25, 0.3) is 0 Å². The summed E-state index contributed by atoms with van der Waals surface area (Å²) in [5, 5.41) is 3.81. The maximum atomic E-state index is 12.1. The first-order valence-electron chi connectivity index (χ1n) is 7.95. The summed E-state index contributed by atoms with van der Waals surface area (Å²) < 4.78 is 28.7. The van der Waals surface area contributed by atoms with Crippen LogP contribution in [0.3, 0.4) is 0 Å². The molecule has 0 saturated heterocycles. The summed E-state index contributed by atoms with van der Waals surface area (Å²) in [6.45, 7) is 1.23. The number of hydrogen-bond acceptors (Lipinski definition) is 4. The lowest BCUT2D eigenvalue weighted by atomic mass is 10.4. The van der Waals surface area contributed by atoms with E-state index in [1.807, 2.05) is 35.8 Å². The number of aliphatic imine (C=N–C) groups is 1. The van der Waals surface area contributed by atoms with Crippen LogP contribution in [0.25, 0.3) is 0 Å². The van der Waals surface area contributed by atoms with Gasteiger partial charge in [-0.3, -0.25) is 9.98 Å². The molecule has 11 heteroatoms. The second-order valence-electron chi connectivity index (χ2n) is 5.68. The van der Waals surface area contributed by atoms with E-state index >= 15 is 0 Å². The molecule has 2 rings (SSSR count). The third-order valence-corrected chi connectivity index (χ3v) is 5.34. The molecule has 0 amide bonds. The highest BCUT2D eigenvalue weighted by Gasteiger charge is 2.13. The number of pyridine rings is 1. The van der Waals surface area contributed by atoms with E-state index in [2.05, 4.69) is 20.0 Å². The second-order valence-corrected chi connectivity index (χ2v) is 7.88. The van der Waals surface area contributed by atoms with Crippen molar-refractivity contribution in [1.29, 1.82) is 0 Å². The Morgan fingerprint density at radius 3 is 2.70 bits per heavy atom. The molecule has 0 unspecified atom stereocenters. The van der Waals surface area contributed by atoms with Crippen LogP contribution in [0.2, 0.25) is 5.02 Å². The third kappa shape index (κ3) is 6.94. The van der Waals surface area contributed by atoms with E-state index < -0.39 is 10.0 Å². The highest BCUT2D eigenvalue weighted by molar-refractivity contribution is 14.0. The molecular formula is C16H24ClIN6O2S. The molecule has 2 N–H and O–H groups in total. The Morgan fingerprint density at radius 1 is 1.41 bits per heavy atom. The predicted octanol–water partition coefficient (Wildman–Crippen LogP) is 1.68. The van der Waals surface area contributed by atoms with Gasteiger partial charge in [-0.15, -0.1) is 24.0 Å². The largest absolute Gasteiger partial charge is 0.355 e. The third-order valence-electron chi connectivity index (χ3n) is 3.69. The minimum atomic E-state index is -3.56. The van der Waals surface area contributed by atoms with Crippen molar-refractivity contribution in [2.75, 3.05) is 27.2 Å². The molecule has 150 valence electrons. The van der Waals surface area contributed by atoms with Gasteiger partial charge in [-0.2, -0.15) is 0 Å². The van der Waals surface area contributed by atoms with Gasteiger partial charge in [0.2, 0.25) is 10.0 Å². The number of nitrogens with zero attached hydrogens (tertiary/aromatic N) is 4. The zero-order chi connectivity index (χ0) is 19.2. The summed E-state index contributed by atoms with van der Waals surface area (Å²) in [5.74, 6) is 0.655. The van der Waals surface area contributed by atoms with Gasteiger partial charge in [0.05, 0.1) is 11.6 Å². The number of nitrogens with one attached hydrogen (secondary N) is 2. The van der Waals surface area contributed by atoms with E-state index in [1.54, 1.807) is 13.1 Å². The Bertz CT molecular complexity index is 857. The summed E-state index contributed by atoms with van der Waals surface area (Å²) >= 11 is 6.00. The first kappa shape index (κ1) is 23.7. The summed E-state index contributed by atoms with van der Waals surface area (Å²) in [5.41, 5.74) is 1.04. The summed E-state index contributed by atoms with van der Waals surface area (Å²) in [4.78, 5) is 10.1. The van der Waals surface area contributed by atoms with Crippen LogP contribution in [0.1, 0.15) is 5.69 Å². The fourth-order valence-corrected chi connectivity index (χ4v) is 3.64. The van der Waals surface area contributed by atoms with Crippen molar-refractivity contribution in [3.63, 3.8) is 0 Å². The number of aromatic nitrogens is 2. The number of aryl methyl sites for hydroxylation is 1. The number of rotatable bonds is 7. The lowest BCUT2D eigenvalue weighted by Crippen LogP contribution is -2.42. The average molecular weight is 527 g/mol. The highest BCUT2D eigenvalue weighted by Crippen LogP contribution is 2.14. The van der Waals surface area contributed by atoms with Crippen LogP contribution < -0.4 is 10.0 Å². The summed E-state index contributed by atoms with van der Waals surface area (Å²) in [6, 6.07) is 4.98. The molecule has 0 bridgehead atoms. The molecule has 0 aromatic carbocycles. The molecule has 0 aliphatic heterocycles. The maximum Gasteiger partial charge on any atom is 0.242 e. The van der Waals surface area contributed by atoms with Crippen molar-refractivity contribution < 1.29 is 8.42 Å².